The van der Waals surface area contributed by atoms with Crippen LogP contribution in [0.1, 0.15) is 5.56 Å². The molecule has 1 unspecified atom stereocenters. The van der Waals surface area contributed by atoms with Crippen LogP contribution in [0.3, 0.4) is 0 Å². The molecule has 5 heteroatoms. The standard InChI is InChI=1S/C20H19NO3S/c1-15-3-11-19(12-4-15)25(21,22)20-13-9-18(10-14-20)24-17-7-5-16(23-2)6-8-17/h3-14,21H,1-2H3. The fourth-order valence-electron chi connectivity index (χ4n) is 2.35. The highest BCUT2D eigenvalue weighted by Gasteiger charge is 2.13. The van der Waals surface area contributed by atoms with Gasteiger partial charge in [0.15, 0.2) is 0 Å². The summed E-state index contributed by atoms with van der Waals surface area (Å²) >= 11 is 0. The van der Waals surface area contributed by atoms with Crippen molar-refractivity contribution in [3.05, 3.63) is 78.4 Å². The van der Waals surface area contributed by atoms with Gasteiger partial charge in [-0.25, -0.2) is 8.99 Å². The molecular weight excluding hydrogens is 334 g/mol. The zero-order chi connectivity index (χ0) is 17.9. The van der Waals surface area contributed by atoms with Crippen molar-refractivity contribution in [2.75, 3.05) is 7.11 Å². The largest absolute Gasteiger partial charge is 0.497 e. The van der Waals surface area contributed by atoms with Gasteiger partial charge in [-0.3, -0.25) is 0 Å². The van der Waals surface area contributed by atoms with Crippen molar-refractivity contribution in [3.8, 4) is 17.2 Å². The lowest BCUT2D eigenvalue weighted by Crippen LogP contribution is -1.99. The zero-order valence-electron chi connectivity index (χ0n) is 14.1. The number of hydrogen-bond donors (Lipinski definition) is 1. The van der Waals surface area contributed by atoms with E-state index in [1.165, 1.54) is 0 Å². The third-order valence-electron chi connectivity index (χ3n) is 3.80. The Morgan fingerprint density at radius 3 is 1.60 bits per heavy atom. The van der Waals surface area contributed by atoms with Crippen LogP contribution in [0.15, 0.2) is 82.6 Å². The van der Waals surface area contributed by atoms with Gasteiger partial charge >= 0.3 is 0 Å². The summed E-state index contributed by atoms with van der Waals surface area (Å²) in [5.74, 6) is 2.06. The minimum atomic E-state index is -3.03. The summed E-state index contributed by atoms with van der Waals surface area (Å²) in [5.41, 5.74) is 1.07. The van der Waals surface area contributed by atoms with Gasteiger partial charge in [0.1, 0.15) is 27.0 Å². The molecule has 4 nitrogen and oxygen atoms in total. The van der Waals surface area contributed by atoms with Crippen LogP contribution in [-0.2, 0) is 9.73 Å². The normalized spacial score (nSPS) is 13.0. The quantitative estimate of drug-likeness (QED) is 0.680. The molecule has 0 fully saturated rings. The van der Waals surface area contributed by atoms with Crippen LogP contribution in [0.2, 0.25) is 0 Å². The van der Waals surface area contributed by atoms with Gasteiger partial charge in [0.05, 0.1) is 16.9 Å². The maximum absolute atomic E-state index is 12.9. The summed E-state index contributed by atoms with van der Waals surface area (Å²) in [7, 11) is -1.41. The minimum absolute atomic E-state index is 0.457. The van der Waals surface area contributed by atoms with Crippen LogP contribution in [0.5, 0.6) is 17.2 Å². The van der Waals surface area contributed by atoms with E-state index in [0.717, 1.165) is 11.3 Å². The fraction of sp³-hybridized carbons (Fsp3) is 0.100. The molecule has 0 aliphatic rings. The second-order valence-electron chi connectivity index (χ2n) is 5.62. The van der Waals surface area contributed by atoms with E-state index in [1.54, 1.807) is 43.5 Å². The lowest BCUT2D eigenvalue weighted by atomic mass is 10.2. The van der Waals surface area contributed by atoms with Crippen LogP contribution in [0.4, 0.5) is 0 Å². The molecule has 0 saturated heterocycles. The molecule has 0 radical (unpaired) electrons. The SMILES string of the molecule is COc1ccc(Oc2ccc(S(=N)(=O)c3ccc(C)cc3)cc2)cc1. The van der Waals surface area contributed by atoms with Crippen LogP contribution in [-0.4, -0.2) is 11.3 Å². The molecule has 0 spiro atoms. The Morgan fingerprint density at radius 1 is 0.720 bits per heavy atom. The molecule has 0 aliphatic heterocycles. The number of nitrogens with one attached hydrogen (secondary N) is 1. The van der Waals surface area contributed by atoms with Gasteiger partial charge in [0, 0.05) is 0 Å². The molecular formula is C20H19NO3S. The third-order valence-corrected chi connectivity index (χ3v) is 5.68. The van der Waals surface area contributed by atoms with Gasteiger partial charge in [-0.15, -0.1) is 0 Å². The lowest BCUT2D eigenvalue weighted by molar-refractivity contribution is 0.413. The van der Waals surface area contributed by atoms with Crippen molar-refractivity contribution in [3.63, 3.8) is 0 Å². The molecule has 25 heavy (non-hydrogen) atoms. The number of aryl methyl sites for hydroxylation is 1. The highest BCUT2D eigenvalue weighted by atomic mass is 32.2. The van der Waals surface area contributed by atoms with Gasteiger partial charge in [-0.1, -0.05) is 17.7 Å². The lowest BCUT2D eigenvalue weighted by Gasteiger charge is -2.10. The molecule has 0 saturated carbocycles. The van der Waals surface area contributed by atoms with Gasteiger partial charge in [-0.05, 0) is 67.6 Å². The number of rotatable bonds is 5. The first-order valence-corrected chi connectivity index (χ1v) is 9.32. The van der Waals surface area contributed by atoms with Crippen molar-refractivity contribution >= 4 is 9.73 Å². The first kappa shape index (κ1) is 17.0. The predicted molar refractivity (Wildman–Crippen MR) is 98.1 cm³/mol. The minimum Gasteiger partial charge on any atom is -0.497 e. The van der Waals surface area contributed by atoms with Gasteiger partial charge in [0.25, 0.3) is 0 Å². The molecule has 1 atom stereocenters. The molecule has 0 bridgehead atoms. The molecule has 0 aromatic heterocycles. The van der Waals surface area contributed by atoms with Gasteiger partial charge < -0.3 is 9.47 Å². The molecule has 3 aromatic rings. The van der Waals surface area contributed by atoms with Crippen molar-refractivity contribution in [1.29, 1.82) is 4.78 Å². The number of benzene rings is 3. The van der Waals surface area contributed by atoms with E-state index in [2.05, 4.69) is 0 Å². The Hall–Kier alpha value is -2.79. The molecule has 1 N–H and O–H groups in total. The summed E-state index contributed by atoms with van der Waals surface area (Å²) in [6.07, 6.45) is 0. The maximum Gasteiger partial charge on any atom is 0.127 e. The molecule has 128 valence electrons. The Bertz CT molecular complexity index is 945. The zero-order valence-corrected chi connectivity index (χ0v) is 14.9. The van der Waals surface area contributed by atoms with E-state index in [0.29, 0.717) is 21.3 Å². The molecule has 0 aliphatic carbocycles. The molecule has 3 aromatic carbocycles. The van der Waals surface area contributed by atoms with Crippen molar-refractivity contribution in [2.45, 2.75) is 16.7 Å². The van der Waals surface area contributed by atoms with Gasteiger partial charge in [0.2, 0.25) is 0 Å². The smallest absolute Gasteiger partial charge is 0.127 e. The highest BCUT2D eigenvalue weighted by molar-refractivity contribution is 7.92. The van der Waals surface area contributed by atoms with Crippen molar-refractivity contribution < 1.29 is 13.7 Å². The Balaban J connectivity index is 1.80. The fourth-order valence-corrected chi connectivity index (χ4v) is 3.66. The maximum atomic E-state index is 12.9. The summed E-state index contributed by atoms with van der Waals surface area (Å²) in [6.45, 7) is 1.96. The van der Waals surface area contributed by atoms with Crippen LogP contribution < -0.4 is 9.47 Å². The first-order valence-electron chi connectivity index (χ1n) is 7.76. The van der Waals surface area contributed by atoms with E-state index in [4.69, 9.17) is 14.3 Å². The summed E-state index contributed by atoms with van der Waals surface area (Å²) in [6, 6.07) is 21.3. The number of hydrogen-bond acceptors (Lipinski definition) is 4. The van der Waals surface area contributed by atoms with E-state index >= 15 is 0 Å². The predicted octanol–water partition coefficient (Wildman–Crippen LogP) is 5.26. The monoisotopic (exact) mass is 353 g/mol. The average molecular weight is 353 g/mol. The summed E-state index contributed by atoms with van der Waals surface area (Å²) in [5, 5.41) is 0. The summed E-state index contributed by atoms with van der Waals surface area (Å²) in [4.78, 5) is 0.959. The van der Waals surface area contributed by atoms with E-state index in [1.807, 2.05) is 43.3 Å². The molecule has 0 heterocycles. The van der Waals surface area contributed by atoms with Crippen LogP contribution in [0, 0.1) is 11.7 Å². The van der Waals surface area contributed by atoms with E-state index in [-0.39, 0.29) is 0 Å². The number of methoxy groups -OCH3 is 1. The van der Waals surface area contributed by atoms with E-state index < -0.39 is 9.73 Å². The number of ether oxygens (including phenoxy) is 2. The van der Waals surface area contributed by atoms with E-state index in [9.17, 15) is 4.21 Å². The Kier molecular flexibility index (Phi) is 4.76. The van der Waals surface area contributed by atoms with Crippen LogP contribution in [0.25, 0.3) is 0 Å². The second-order valence-corrected chi connectivity index (χ2v) is 7.67. The van der Waals surface area contributed by atoms with Crippen molar-refractivity contribution in [1.82, 2.24) is 0 Å². The van der Waals surface area contributed by atoms with Gasteiger partial charge in [-0.2, -0.15) is 0 Å². The Labute approximate surface area is 148 Å². The Morgan fingerprint density at radius 2 is 1.12 bits per heavy atom. The second kappa shape index (κ2) is 6.99. The van der Waals surface area contributed by atoms with Crippen LogP contribution >= 0.6 is 0 Å². The molecule has 0 amide bonds. The first-order chi connectivity index (χ1) is 12.0. The third kappa shape index (κ3) is 3.83. The topological polar surface area (TPSA) is 59.4 Å². The van der Waals surface area contributed by atoms with Crippen molar-refractivity contribution in [2.24, 2.45) is 0 Å². The highest BCUT2D eigenvalue weighted by Crippen LogP contribution is 2.27. The summed E-state index contributed by atoms with van der Waals surface area (Å²) < 4.78 is 32.0. The average Bonchev–Trinajstić information content (AvgIpc) is 2.63. The molecule has 3 rings (SSSR count).